The van der Waals surface area contributed by atoms with Crippen molar-refractivity contribution in [2.45, 2.75) is 13.3 Å². The Balaban J connectivity index is 2.04. The zero-order chi connectivity index (χ0) is 21.9. The zero-order valence-corrected chi connectivity index (χ0v) is 18.5. The molecule has 30 heavy (non-hydrogen) atoms. The second-order valence-electron chi connectivity index (χ2n) is 7.34. The molecule has 0 saturated carbocycles. The van der Waals surface area contributed by atoms with Crippen LogP contribution in [0.1, 0.15) is 23.7 Å². The fourth-order valence-corrected chi connectivity index (χ4v) is 4.08. The molecule has 0 saturated heterocycles. The predicted octanol–water partition coefficient (Wildman–Crippen LogP) is 4.92. The van der Waals surface area contributed by atoms with E-state index in [-0.39, 0.29) is 5.78 Å². The molecule has 3 rings (SSSR count). The van der Waals surface area contributed by atoms with Gasteiger partial charge in [-0.2, -0.15) is 0 Å². The summed E-state index contributed by atoms with van der Waals surface area (Å²) in [5.41, 5.74) is 9.42. The van der Waals surface area contributed by atoms with Crippen molar-refractivity contribution >= 4 is 35.4 Å². The summed E-state index contributed by atoms with van der Waals surface area (Å²) in [4.78, 5) is 16.4. The van der Waals surface area contributed by atoms with Crippen LogP contribution in [0.3, 0.4) is 0 Å². The van der Waals surface area contributed by atoms with Gasteiger partial charge < -0.3 is 20.4 Å². The number of benzene rings is 2. The molecule has 1 aromatic heterocycles. The van der Waals surface area contributed by atoms with Crippen LogP contribution in [0.15, 0.2) is 54.7 Å². The van der Waals surface area contributed by atoms with Crippen LogP contribution in [0.5, 0.6) is 5.75 Å². The van der Waals surface area contributed by atoms with Gasteiger partial charge in [-0.25, -0.2) is 4.98 Å². The smallest absolute Gasteiger partial charge is 0.166 e. The maximum Gasteiger partial charge on any atom is 0.166 e. The van der Waals surface area contributed by atoms with E-state index in [4.69, 9.17) is 10.5 Å². The molecule has 0 aliphatic heterocycles. The largest absolute Gasteiger partial charge is 0.494 e. The van der Waals surface area contributed by atoms with Crippen molar-refractivity contribution in [1.29, 1.82) is 0 Å². The van der Waals surface area contributed by atoms with Gasteiger partial charge in [0, 0.05) is 29.6 Å². The Labute approximate surface area is 176 Å². The van der Waals surface area contributed by atoms with E-state index in [1.165, 1.54) is 6.20 Å². The van der Waals surface area contributed by atoms with Crippen molar-refractivity contribution in [1.82, 2.24) is 4.98 Å². The molecule has 0 bridgehead atoms. The van der Waals surface area contributed by atoms with Crippen LogP contribution in [-0.2, 0) is 4.57 Å². The molecule has 0 unspecified atom stereocenters. The SMILES string of the molecule is CCC(=O)c1cnc(N)cc1Nc1cccc(-c2ccc(P(C)(C)=O)cc2)c1OC. The van der Waals surface area contributed by atoms with Crippen LogP contribution in [0, 0.1) is 0 Å². The lowest BCUT2D eigenvalue weighted by Crippen LogP contribution is -2.06. The summed E-state index contributed by atoms with van der Waals surface area (Å²) < 4.78 is 18.0. The Kier molecular flexibility index (Phi) is 6.28. The number of carbonyl (C=O) groups excluding carboxylic acids is 1. The molecule has 0 aliphatic carbocycles. The average Bonchev–Trinajstić information content (AvgIpc) is 2.72. The lowest BCUT2D eigenvalue weighted by atomic mass is 10.0. The molecule has 0 spiro atoms. The van der Waals surface area contributed by atoms with Gasteiger partial charge in [0.15, 0.2) is 5.78 Å². The van der Waals surface area contributed by atoms with E-state index in [1.54, 1.807) is 33.4 Å². The Morgan fingerprint density at radius 3 is 2.43 bits per heavy atom. The standard InChI is InChI=1S/C23H26N3O3P/c1-5-21(27)18-14-25-22(24)13-20(18)26-19-8-6-7-17(23(19)29-2)15-9-11-16(12-10-15)30(3,4)28/h6-14H,5H2,1-4H3,(H3,24,25,26). The van der Waals surface area contributed by atoms with E-state index >= 15 is 0 Å². The Bertz CT molecular complexity index is 1120. The molecule has 0 amide bonds. The average molecular weight is 423 g/mol. The third kappa shape index (κ3) is 4.55. The van der Waals surface area contributed by atoms with Gasteiger partial charge >= 0.3 is 0 Å². The number of carbonyl (C=O) groups is 1. The van der Waals surface area contributed by atoms with E-state index in [2.05, 4.69) is 10.3 Å². The molecule has 0 fully saturated rings. The number of methoxy groups -OCH3 is 1. The minimum atomic E-state index is -2.32. The number of pyridine rings is 1. The van der Waals surface area contributed by atoms with Crippen molar-refractivity contribution < 1.29 is 14.1 Å². The van der Waals surface area contributed by atoms with Crippen molar-refractivity contribution in [3.63, 3.8) is 0 Å². The van der Waals surface area contributed by atoms with Gasteiger partial charge in [0.1, 0.15) is 18.7 Å². The number of hydrogen-bond acceptors (Lipinski definition) is 6. The number of ether oxygens (including phenoxy) is 1. The third-order valence-corrected chi connectivity index (χ3v) is 6.38. The van der Waals surface area contributed by atoms with Gasteiger partial charge in [0.2, 0.25) is 0 Å². The minimum absolute atomic E-state index is 0.0285. The maximum atomic E-state index is 12.3. The van der Waals surface area contributed by atoms with E-state index in [9.17, 15) is 9.36 Å². The molecule has 6 nitrogen and oxygen atoms in total. The van der Waals surface area contributed by atoms with Crippen LogP contribution in [0.25, 0.3) is 11.1 Å². The summed E-state index contributed by atoms with van der Waals surface area (Å²) in [5, 5.41) is 4.11. The summed E-state index contributed by atoms with van der Waals surface area (Å²) in [6.45, 7) is 5.31. The van der Waals surface area contributed by atoms with Crippen LogP contribution < -0.4 is 21.1 Å². The highest BCUT2D eigenvalue weighted by Crippen LogP contribution is 2.40. The fourth-order valence-electron chi connectivity index (χ4n) is 3.22. The van der Waals surface area contributed by atoms with E-state index in [0.717, 1.165) is 16.4 Å². The highest BCUT2D eigenvalue weighted by Gasteiger charge is 2.16. The van der Waals surface area contributed by atoms with E-state index < -0.39 is 7.14 Å². The molecule has 1 heterocycles. The van der Waals surface area contributed by atoms with E-state index in [0.29, 0.717) is 34.9 Å². The number of nitrogens with two attached hydrogens (primary N) is 1. The number of para-hydroxylation sites is 1. The highest BCUT2D eigenvalue weighted by atomic mass is 31.2. The molecule has 156 valence electrons. The van der Waals surface area contributed by atoms with Gasteiger partial charge in [-0.1, -0.05) is 43.3 Å². The molecular formula is C23H26N3O3P. The van der Waals surface area contributed by atoms with Crippen LogP contribution in [0.4, 0.5) is 17.2 Å². The quantitative estimate of drug-likeness (QED) is 0.414. The summed E-state index contributed by atoms with van der Waals surface area (Å²) in [7, 11) is -0.719. The van der Waals surface area contributed by atoms with Gasteiger partial charge in [0.25, 0.3) is 0 Å². The maximum absolute atomic E-state index is 12.3. The number of nitrogens with one attached hydrogen (secondary N) is 1. The van der Waals surface area contributed by atoms with Crippen molar-refractivity contribution in [2.75, 3.05) is 31.5 Å². The first-order chi connectivity index (χ1) is 14.2. The monoisotopic (exact) mass is 423 g/mol. The number of aromatic nitrogens is 1. The van der Waals surface area contributed by atoms with Crippen LogP contribution in [-0.4, -0.2) is 31.2 Å². The van der Waals surface area contributed by atoms with Gasteiger partial charge in [0.05, 0.1) is 24.0 Å². The fraction of sp³-hybridized carbons (Fsp3) is 0.217. The molecule has 3 N–H and O–H groups in total. The number of anilines is 3. The molecule has 3 aromatic rings. The van der Waals surface area contributed by atoms with Crippen molar-refractivity contribution in [3.8, 4) is 16.9 Å². The first kappa shape index (κ1) is 21.6. The second-order valence-corrected chi connectivity index (χ2v) is 10.6. The highest BCUT2D eigenvalue weighted by molar-refractivity contribution is 7.70. The third-order valence-electron chi connectivity index (χ3n) is 4.84. The normalized spacial score (nSPS) is 11.2. The second kappa shape index (κ2) is 8.72. The van der Waals surface area contributed by atoms with Gasteiger partial charge in [-0.15, -0.1) is 0 Å². The van der Waals surface area contributed by atoms with Crippen LogP contribution in [0.2, 0.25) is 0 Å². The Hall–Kier alpha value is -3.11. The Morgan fingerprint density at radius 1 is 1.13 bits per heavy atom. The number of Topliss-reactive ketones (excluding diaryl/α,β-unsaturated/α-hetero) is 1. The molecular weight excluding hydrogens is 397 g/mol. The zero-order valence-electron chi connectivity index (χ0n) is 17.6. The number of hydrogen-bond donors (Lipinski definition) is 2. The van der Waals surface area contributed by atoms with Gasteiger partial charge in [-0.3, -0.25) is 4.79 Å². The number of nitrogens with zero attached hydrogens (tertiary/aromatic N) is 1. The number of nitrogen functional groups attached to an aromatic ring is 1. The molecule has 0 aliphatic rings. The molecule has 7 heteroatoms. The van der Waals surface area contributed by atoms with Gasteiger partial charge in [-0.05, 0) is 25.0 Å². The lowest BCUT2D eigenvalue weighted by molar-refractivity contribution is 0.0988. The van der Waals surface area contributed by atoms with Crippen molar-refractivity contribution in [3.05, 3.63) is 60.3 Å². The molecule has 2 aromatic carbocycles. The number of ketones is 1. The van der Waals surface area contributed by atoms with Crippen LogP contribution >= 0.6 is 7.14 Å². The topological polar surface area (TPSA) is 94.3 Å². The van der Waals surface area contributed by atoms with Crippen molar-refractivity contribution in [2.24, 2.45) is 0 Å². The summed E-state index contributed by atoms with van der Waals surface area (Å²) in [6.07, 6.45) is 1.86. The first-order valence-corrected chi connectivity index (χ1v) is 12.2. The van der Waals surface area contributed by atoms with E-state index in [1.807, 2.05) is 42.5 Å². The first-order valence-electron chi connectivity index (χ1n) is 9.63. The lowest BCUT2D eigenvalue weighted by Gasteiger charge is -2.17. The summed E-state index contributed by atoms with van der Waals surface area (Å²) in [6, 6.07) is 15.0. The molecule has 0 radical (unpaired) electrons. The summed E-state index contributed by atoms with van der Waals surface area (Å²) in [5.74, 6) is 0.922. The Morgan fingerprint density at radius 2 is 1.83 bits per heavy atom. The predicted molar refractivity (Wildman–Crippen MR) is 124 cm³/mol. The minimum Gasteiger partial charge on any atom is -0.494 e. The number of rotatable bonds is 7. The summed E-state index contributed by atoms with van der Waals surface area (Å²) >= 11 is 0. The molecule has 0 atom stereocenters.